The van der Waals surface area contributed by atoms with Crippen molar-refractivity contribution in [1.29, 1.82) is 0 Å². The van der Waals surface area contributed by atoms with E-state index in [0.29, 0.717) is 12.2 Å². The molecule has 0 aliphatic carbocycles. The number of hydrogen-bond acceptors (Lipinski definition) is 5. The molecule has 1 amide bonds. The van der Waals surface area contributed by atoms with Gasteiger partial charge in [-0.1, -0.05) is 0 Å². The first-order chi connectivity index (χ1) is 11.5. The van der Waals surface area contributed by atoms with Crippen molar-refractivity contribution >= 4 is 11.7 Å². The van der Waals surface area contributed by atoms with Gasteiger partial charge in [0.25, 0.3) is 5.91 Å². The molecule has 3 heterocycles. The monoisotopic (exact) mass is 328 g/mol. The maximum atomic E-state index is 12.7. The first-order valence-corrected chi connectivity index (χ1v) is 8.31. The van der Waals surface area contributed by atoms with Crippen LogP contribution in [0.25, 0.3) is 0 Å². The fourth-order valence-electron chi connectivity index (χ4n) is 2.98. The SMILES string of the molecule is Cc1cnc(C)c(N2CCCN(C(=O)c3cc(C)n(C)n3)CC2)n1. The second-order valence-corrected chi connectivity index (χ2v) is 6.35. The normalized spacial score (nSPS) is 15.5. The van der Waals surface area contributed by atoms with Gasteiger partial charge in [-0.2, -0.15) is 5.10 Å². The fraction of sp³-hybridized carbons (Fsp3) is 0.529. The van der Waals surface area contributed by atoms with Crippen molar-refractivity contribution in [1.82, 2.24) is 24.6 Å². The second kappa shape index (κ2) is 6.59. The number of aromatic nitrogens is 4. The molecule has 0 radical (unpaired) electrons. The van der Waals surface area contributed by atoms with Crippen LogP contribution in [0.5, 0.6) is 0 Å². The van der Waals surface area contributed by atoms with Crippen LogP contribution < -0.4 is 4.90 Å². The van der Waals surface area contributed by atoms with Crippen molar-refractivity contribution in [2.24, 2.45) is 7.05 Å². The molecular weight excluding hydrogens is 304 g/mol. The standard InChI is InChI=1S/C17H24N6O/c1-12-11-18-14(3)16(19-12)22-6-5-7-23(9-8-22)17(24)15-10-13(2)21(4)20-15/h10-11H,5-9H2,1-4H3. The Morgan fingerprint density at radius 1 is 1.12 bits per heavy atom. The third-order valence-electron chi connectivity index (χ3n) is 4.47. The van der Waals surface area contributed by atoms with E-state index in [-0.39, 0.29) is 5.91 Å². The van der Waals surface area contributed by atoms with E-state index < -0.39 is 0 Å². The zero-order chi connectivity index (χ0) is 17.3. The fourth-order valence-corrected chi connectivity index (χ4v) is 2.98. The maximum absolute atomic E-state index is 12.7. The molecule has 0 unspecified atom stereocenters. The Morgan fingerprint density at radius 2 is 1.92 bits per heavy atom. The number of carbonyl (C=O) groups excluding carboxylic acids is 1. The highest BCUT2D eigenvalue weighted by Gasteiger charge is 2.23. The predicted molar refractivity (Wildman–Crippen MR) is 92.2 cm³/mol. The van der Waals surface area contributed by atoms with Gasteiger partial charge in [0.05, 0.1) is 11.4 Å². The molecular formula is C17H24N6O. The lowest BCUT2D eigenvalue weighted by Crippen LogP contribution is -2.36. The van der Waals surface area contributed by atoms with E-state index >= 15 is 0 Å². The number of amides is 1. The van der Waals surface area contributed by atoms with Crippen LogP contribution in [0.1, 0.15) is 34.0 Å². The summed E-state index contributed by atoms with van der Waals surface area (Å²) in [6.45, 7) is 8.93. The molecule has 0 spiro atoms. The minimum Gasteiger partial charge on any atom is -0.353 e. The highest BCUT2D eigenvalue weighted by Crippen LogP contribution is 2.18. The summed E-state index contributed by atoms with van der Waals surface area (Å²) in [7, 11) is 1.86. The quantitative estimate of drug-likeness (QED) is 0.835. The Morgan fingerprint density at radius 3 is 2.62 bits per heavy atom. The number of nitrogens with zero attached hydrogens (tertiary/aromatic N) is 6. The van der Waals surface area contributed by atoms with Crippen LogP contribution in [0.2, 0.25) is 0 Å². The van der Waals surface area contributed by atoms with Crippen molar-refractivity contribution in [3.8, 4) is 0 Å². The molecule has 0 aromatic carbocycles. The predicted octanol–water partition coefficient (Wildman–Crippen LogP) is 1.49. The minimum atomic E-state index is 0.00704. The van der Waals surface area contributed by atoms with Crippen molar-refractivity contribution in [3.63, 3.8) is 0 Å². The van der Waals surface area contributed by atoms with Gasteiger partial charge in [0.15, 0.2) is 5.69 Å². The smallest absolute Gasteiger partial charge is 0.274 e. The van der Waals surface area contributed by atoms with Gasteiger partial charge in [-0.25, -0.2) is 4.98 Å². The Bertz CT molecular complexity index is 734. The van der Waals surface area contributed by atoms with Gasteiger partial charge in [0.1, 0.15) is 5.82 Å². The van der Waals surface area contributed by atoms with Crippen molar-refractivity contribution in [2.75, 3.05) is 31.1 Å². The van der Waals surface area contributed by atoms with Crippen LogP contribution in [0.15, 0.2) is 12.3 Å². The van der Waals surface area contributed by atoms with Crippen LogP contribution in [0.4, 0.5) is 5.82 Å². The summed E-state index contributed by atoms with van der Waals surface area (Å²) < 4.78 is 1.74. The highest BCUT2D eigenvalue weighted by atomic mass is 16.2. The molecule has 1 saturated heterocycles. The van der Waals surface area contributed by atoms with Crippen LogP contribution in [-0.2, 0) is 7.05 Å². The van der Waals surface area contributed by atoms with Gasteiger partial charge < -0.3 is 9.80 Å². The molecule has 3 rings (SSSR count). The third kappa shape index (κ3) is 3.25. The molecule has 1 fully saturated rings. The second-order valence-electron chi connectivity index (χ2n) is 6.35. The maximum Gasteiger partial charge on any atom is 0.274 e. The average Bonchev–Trinajstić information content (AvgIpc) is 2.77. The van der Waals surface area contributed by atoms with Gasteiger partial charge in [-0.3, -0.25) is 14.5 Å². The molecule has 1 aliphatic rings. The molecule has 0 N–H and O–H groups in total. The Kier molecular flexibility index (Phi) is 4.51. The first kappa shape index (κ1) is 16.4. The average molecular weight is 328 g/mol. The Hall–Kier alpha value is -2.44. The van der Waals surface area contributed by atoms with Crippen LogP contribution in [0, 0.1) is 20.8 Å². The van der Waals surface area contributed by atoms with Crippen LogP contribution in [-0.4, -0.2) is 56.7 Å². The number of carbonyl (C=O) groups is 1. The largest absolute Gasteiger partial charge is 0.353 e. The summed E-state index contributed by atoms with van der Waals surface area (Å²) in [4.78, 5) is 25.8. The zero-order valence-corrected chi connectivity index (χ0v) is 14.8. The molecule has 0 atom stereocenters. The summed E-state index contributed by atoms with van der Waals surface area (Å²) in [5.41, 5.74) is 3.35. The van der Waals surface area contributed by atoms with Crippen LogP contribution in [0.3, 0.4) is 0 Å². The van der Waals surface area contributed by atoms with Crippen LogP contribution >= 0.6 is 0 Å². The molecule has 128 valence electrons. The summed E-state index contributed by atoms with van der Waals surface area (Å²) in [6, 6.07) is 1.85. The van der Waals surface area contributed by atoms with E-state index in [9.17, 15) is 4.79 Å². The zero-order valence-electron chi connectivity index (χ0n) is 14.8. The highest BCUT2D eigenvalue weighted by molar-refractivity contribution is 5.92. The Balaban J connectivity index is 1.73. The van der Waals surface area contributed by atoms with Gasteiger partial charge in [0, 0.05) is 45.1 Å². The van der Waals surface area contributed by atoms with Gasteiger partial charge in [-0.05, 0) is 33.3 Å². The number of anilines is 1. The molecule has 7 nitrogen and oxygen atoms in total. The van der Waals surface area contributed by atoms with Gasteiger partial charge in [0.2, 0.25) is 0 Å². The molecule has 7 heteroatoms. The molecule has 0 saturated carbocycles. The topological polar surface area (TPSA) is 67.2 Å². The number of aryl methyl sites for hydroxylation is 4. The lowest BCUT2D eigenvalue weighted by atomic mass is 10.3. The summed E-state index contributed by atoms with van der Waals surface area (Å²) in [5, 5.41) is 4.31. The van der Waals surface area contributed by atoms with E-state index in [1.54, 1.807) is 10.9 Å². The van der Waals surface area contributed by atoms with E-state index in [1.807, 2.05) is 38.8 Å². The van der Waals surface area contributed by atoms with Crippen molar-refractivity contribution in [3.05, 3.63) is 35.0 Å². The number of rotatable bonds is 2. The molecule has 2 aromatic heterocycles. The summed E-state index contributed by atoms with van der Waals surface area (Å²) in [6.07, 6.45) is 2.70. The van der Waals surface area contributed by atoms with E-state index in [2.05, 4.69) is 20.0 Å². The number of hydrogen-bond donors (Lipinski definition) is 0. The molecule has 0 bridgehead atoms. The molecule has 24 heavy (non-hydrogen) atoms. The molecule has 1 aliphatic heterocycles. The van der Waals surface area contributed by atoms with E-state index in [0.717, 1.165) is 49.0 Å². The van der Waals surface area contributed by atoms with Crippen molar-refractivity contribution < 1.29 is 4.79 Å². The minimum absolute atomic E-state index is 0.00704. The van der Waals surface area contributed by atoms with Gasteiger partial charge >= 0.3 is 0 Å². The van der Waals surface area contributed by atoms with E-state index in [4.69, 9.17) is 0 Å². The molecule has 2 aromatic rings. The van der Waals surface area contributed by atoms with Crippen molar-refractivity contribution in [2.45, 2.75) is 27.2 Å². The Labute approximate surface area is 142 Å². The lowest BCUT2D eigenvalue weighted by Gasteiger charge is -2.23. The first-order valence-electron chi connectivity index (χ1n) is 8.31. The third-order valence-corrected chi connectivity index (χ3v) is 4.47. The van der Waals surface area contributed by atoms with Gasteiger partial charge in [-0.15, -0.1) is 0 Å². The summed E-state index contributed by atoms with van der Waals surface area (Å²) in [5.74, 6) is 0.936. The lowest BCUT2D eigenvalue weighted by molar-refractivity contribution is 0.0760. The summed E-state index contributed by atoms with van der Waals surface area (Å²) >= 11 is 0. The van der Waals surface area contributed by atoms with E-state index in [1.165, 1.54) is 0 Å².